The molecule has 3 heterocycles. The van der Waals surface area contributed by atoms with Crippen LogP contribution in [0.1, 0.15) is 59.5 Å². The minimum absolute atomic E-state index is 0.0327. The standard InChI is InChI=1S/C26H27NO5/c1-3-12-30-18-9-7-17(8-10-18)23-22-24(28)20-14-16(2)6-11-21(20)32-25(22)26(29)27(23)15-19-5-4-13-31-19/h6-11,14,19,23H,3-5,12-13,15H2,1-2H3. The highest BCUT2D eigenvalue weighted by molar-refractivity contribution is 5.99. The number of ether oxygens (including phenoxy) is 2. The van der Waals surface area contributed by atoms with E-state index in [0.29, 0.717) is 36.3 Å². The molecule has 2 aromatic carbocycles. The van der Waals surface area contributed by atoms with Gasteiger partial charge in [0.2, 0.25) is 5.76 Å². The van der Waals surface area contributed by atoms with Crippen LogP contribution >= 0.6 is 0 Å². The third-order valence-electron chi connectivity index (χ3n) is 6.21. The SMILES string of the molecule is CCCOc1ccc(C2c3c(oc4ccc(C)cc4c3=O)C(=O)N2CC2CCCO2)cc1. The monoisotopic (exact) mass is 433 g/mol. The van der Waals surface area contributed by atoms with Gasteiger partial charge in [-0.3, -0.25) is 9.59 Å². The van der Waals surface area contributed by atoms with Crippen LogP contribution in [-0.4, -0.2) is 36.7 Å². The van der Waals surface area contributed by atoms with E-state index in [2.05, 4.69) is 6.92 Å². The van der Waals surface area contributed by atoms with E-state index in [1.807, 2.05) is 43.3 Å². The maximum atomic E-state index is 13.6. The highest BCUT2D eigenvalue weighted by atomic mass is 16.5. The fraction of sp³-hybridized carbons (Fsp3) is 0.385. The number of amides is 1. The molecular formula is C26H27NO5. The zero-order valence-electron chi connectivity index (χ0n) is 18.4. The number of carbonyl (C=O) groups excluding carboxylic acids is 1. The van der Waals surface area contributed by atoms with Gasteiger partial charge in [-0.2, -0.15) is 0 Å². The van der Waals surface area contributed by atoms with Gasteiger partial charge in [-0.1, -0.05) is 30.7 Å². The van der Waals surface area contributed by atoms with Gasteiger partial charge in [-0.25, -0.2) is 0 Å². The lowest BCUT2D eigenvalue weighted by Gasteiger charge is -2.27. The van der Waals surface area contributed by atoms with E-state index in [1.165, 1.54) is 0 Å². The Kier molecular flexibility index (Phi) is 5.47. The molecule has 1 saturated heterocycles. The van der Waals surface area contributed by atoms with Crippen LogP contribution in [0.25, 0.3) is 11.0 Å². The molecule has 3 aromatic rings. The number of carbonyl (C=O) groups is 1. The lowest BCUT2D eigenvalue weighted by Crippen LogP contribution is -2.36. The molecule has 0 radical (unpaired) electrons. The number of rotatable bonds is 6. The third-order valence-corrected chi connectivity index (χ3v) is 6.21. The van der Waals surface area contributed by atoms with Crippen molar-refractivity contribution in [3.05, 3.63) is 75.1 Å². The first kappa shape index (κ1) is 20.8. The Hall–Kier alpha value is -3.12. The minimum atomic E-state index is -0.511. The topological polar surface area (TPSA) is 69.0 Å². The number of aryl methyl sites for hydroxylation is 1. The van der Waals surface area contributed by atoms with Gasteiger partial charge >= 0.3 is 0 Å². The first-order valence-corrected chi connectivity index (χ1v) is 11.3. The summed E-state index contributed by atoms with van der Waals surface area (Å²) in [6, 6.07) is 12.6. The van der Waals surface area contributed by atoms with Gasteiger partial charge in [0, 0.05) is 13.2 Å². The molecule has 2 unspecified atom stereocenters. The molecule has 0 aliphatic carbocycles. The van der Waals surface area contributed by atoms with E-state index in [0.717, 1.165) is 36.1 Å². The molecule has 0 saturated carbocycles. The lowest BCUT2D eigenvalue weighted by molar-refractivity contribution is 0.0486. The molecule has 2 aliphatic heterocycles. The summed E-state index contributed by atoms with van der Waals surface area (Å²) in [5.74, 6) is 0.652. The first-order chi connectivity index (χ1) is 15.6. The second-order valence-corrected chi connectivity index (χ2v) is 8.59. The van der Waals surface area contributed by atoms with E-state index in [-0.39, 0.29) is 23.2 Å². The normalized spacial score (nSPS) is 20.2. The molecule has 5 rings (SSSR count). The van der Waals surface area contributed by atoms with Gasteiger partial charge in [0.15, 0.2) is 5.43 Å². The molecule has 0 N–H and O–H groups in total. The Morgan fingerprint density at radius 1 is 1.12 bits per heavy atom. The minimum Gasteiger partial charge on any atom is -0.494 e. The van der Waals surface area contributed by atoms with Crippen molar-refractivity contribution in [1.82, 2.24) is 4.90 Å². The molecule has 1 amide bonds. The highest BCUT2D eigenvalue weighted by Gasteiger charge is 2.43. The Labute approximate surface area is 186 Å². The van der Waals surface area contributed by atoms with E-state index in [1.54, 1.807) is 11.0 Å². The highest BCUT2D eigenvalue weighted by Crippen LogP contribution is 2.39. The van der Waals surface area contributed by atoms with Gasteiger partial charge in [-0.05, 0) is 56.0 Å². The van der Waals surface area contributed by atoms with Crippen molar-refractivity contribution in [2.45, 2.75) is 45.3 Å². The number of hydrogen-bond donors (Lipinski definition) is 0. The summed E-state index contributed by atoms with van der Waals surface area (Å²) < 4.78 is 17.5. The van der Waals surface area contributed by atoms with E-state index >= 15 is 0 Å². The summed E-state index contributed by atoms with van der Waals surface area (Å²) in [6.07, 6.45) is 2.78. The van der Waals surface area contributed by atoms with Gasteiger partial charge < -0.3 is 18.8 Å². The van der Waals surface area contributed by atoms with Crippen molar-refractivity contribution in [1.29, 1.82) is 0 Å². The van der Waals surface area contributed by atoms with Crippen LogP contribution in [0, 0.1) is 6.92 Å². The van der Waals surface area contributed by atoms with Crippen LogP contribution in [0.4, 0.5) is 0 Å². The molecular weight excluding hydrogens is 406 g/mol. The number of benzene rings is 2. The summed E-state index contributed by atoms with van der Waals surface area (Å²) in [6.45, 7) is 5.77. The molecule has 6 nitrogen and oxygen atoms in total. The Morgan fingerprint density at radius 2 is 1.94 bits per heavy atom. The predicted octanol–water partition coefficient (Wildman–Crippen LogP) is 4.61. The van der Waals surface area contributed by atoms with Crippen molar-refractivity contribution in [2.24, 2.45) is 0 Å². The second kappa shape index (κ2) is 8.43. The van der Waals surface area contributed by atoms with Crippen molar-refractivity contribution in [3.63, 3.8) is 0 Å². The molecule has 0 spiro atoms. The lowest BCUT2D eigenvalue weighted by atomic mass is 9.98. The van der Waals surface area contributed by atoms with Crippen LogP contribution in [0.15, 0.2) is 51.7 Å². The summed E-state index contributed by atoms with van der Waals surface area (Å²) in [4.78, 5) is 28.8. The molecule has 2 atom stereocenters. The van der Waals surface area contributed by atoms with Crippen LogP contribution in [0.5, 0.6) is 5.75 Å². The maximum absolute atomic E-state index is 13.6. The second-order valence-electron chi connectivity index (χ2n) is 8.59. The van der Waals surface area contributed by atoms with Crippen LogP contribution in [0.3, 0.4) is 0 Å². The molecule has 2 aliphatic rings. The van der Waals surface area contributed by atoms with Crippen molar-refractivity contribution >= 4 is 16.9 Å². The van der Waals surface area contributed by atoms with Crippen molar-refractivity contribution in [2.75, 3.05) is 19.8 Å². The average molecular weight is 434 g/mol. The zero-order chi connectivity index (χ0) is 22.2. The van der Waals surface area contributed by atoms with Crippen molar-refractivity contribution < 1.29 is 18.7 Å². The Balaban J connectivity index is 1.62. The van der Waals surface area contributed by atoms with E-state index in [9.17, 15) is 9.59 Å². The molecule has 1 fully saturated rings. The number of fused-ring (bicyclic) bond motifs is 2. The average Bonchev–Trinajstić information content (AvgIpc) is 3.41. The Morgan fingerprint density at radius 3 is 2.66 bits per heavy atom. The van der Waals surface area contributed by atoms with E-state index in [4.69, 9.17) is 13.9 Å². The predicted molar refractivity (Wildman–Crippen MR) is 121 cm³/mol. The first-order valence-electron chi connectivity index (χ1n) is 11.3. The molecule has 0 bridgehead atoms. The largest absolute Gasteiger partial charge is 0.494 e. The smallest absolute Gasteiger partial charge is 0.291 e. The fourth-order valence-electron chi connectivity index (χ4n) is 4.64. The molecule has 166 valence electrons. The molecule has 32 heavy (non-hydrogen) atoms. The summed E-state index contributed by atoms with van der Waals surface area (Å²) in [5, 5.41) is 0.503. The summed E-state index contributed by atoms with van der Waals surface area (Å²) in [7, 11) is 0. The summed E-state index contributed by atoms with van der Waals surface area (Å²) >= 11 is 0. The van der Waals surface area contributed by atoms with E-state index < -0.39 is 6.04 Å². The summed E-state index contributed by atoms with van der Waals surface area (Å²) in [5.41, 5.74) is 2.53. The van der Waals surface area contributed by atoms with Gasteiger partial charge in [0.25, 0.3) is 5.91 Å². The zero-order valence-corrected chi connectivity index (χ0v) is 18.4. The Bertz CT molecular complexity index is 1210. The maximum Gasteiger partial charge on any atom is 0.291 e. The quantitative estimate of drug-likeness (QED) is 0.568. The fourth-order valence-corrected chi connectivity index (χ4v) is 4.64. The van der Waals surface area contributed by atoms with Crippen LogP contribution < -0.4 is 10.2 Å². The number of hydrogen-bond acceptors (Lipinski definition) is 5. The van der Waals surface area contributed by atoms with Gasteiger partial charge in [0.1, 0.15) is 11.3 Å². The van der Waals surface area contributed by atoms with Crippen LogP contribution in [-0.2, 0) is 4.74 Å². The van der Waals surface area contributed by atoms with Crippen LogP contribution in [0.2, 0.25) is 0 Å². The van der Waals surface area contributed by atoms with Gasteiger partial charge in [-0.15, -0.1) is 0 Å². The third kappa shape index (κ3) is 3.58. The molecule has 1 aromatic heterocycles. The molecule has 6 heteroatoms. The van der Waals surface area contributed by atoms with Crippen molar-refractivity contribution in [3.8, 4) is 5.75 Å². The number of nitrogens with zero attached hydrogens (tertiary/aromatic N) is 1. The van der Waals surface area contributed by atoms with Gasteiger partial charge in [0.05, 0.1) is 29.7 Å².